The third-order valence-electron chi connectivity index (χ3n) is 9.67. The molecular formula is C36H53N3O7Si. The highest BCUT2D eigenvalue weighted by atomic mass is 28.4. The number of ether oxygens (including phenoxy) is 2. The lowest BCUT2D eigenvalue weighted by atomic mass is 9.69. The molecule has 2 aromatic carbocycles. The van der Waals surface area contributed by atoms with Crippen molar-refractivity contribution in [3.05, 3.63) is 59.7 Å². The lowest BCUT2D eigenvalue weighted by molar-refractivity contribution is -0.127. The van der Waals surface area contributed by atoms with Crippen LogP contribution in [0.1, 0.15) is 78.4 Å². The van der Waals surface area contributed by atoms with Gasteiger partial charge in [-0.1, -0.05) is 57.2 Å². The molecule has 0 spiro atoms. The maximum absolute atomic E-state index is 13.9. The fourth-order valence-electron chi connectivity index (χ4n) is 6.19. The van der Waals surface area contributed by atoms with E-state index in [-0.39, 0.29) is 24.0 Å². The van der Waals surface area contributed by atoms with Crippen LogP contribution in [-0.2, 0) is 19.4 Å². The van der Waals surface area contributed by atoms with Crippen molar-refractivity contribution in [2.45, 2.75) is 102 Å². The molecule has 1 saturated heterocycles. The second-order valence-corrected chi connectivity index (χ2v) is 20.2. The Labute approximate surface area is 280 Å². The number of carbonyl (C=O) groups is 3. The maximum Gasteiger partial charge on any atom is 0.407 e. The summed E-state index contributed by atoms with van der Waals surface area (Å²) in [4.78, 5) is 39.6. The molecule has 47 heavy (non-hydrogen) atoms. The summed E-state index contributed by atoms with van der Waals surface area (Å²) < 4.78 is 18.2. The van der Waals surface area contributed by atoms with Gasteiger partial charge < -0.3 is 34.5 Å². The zero-order valence-electron chi connectivity index (χ0n) is 29.3. The minimum Gasteiger partial charge on any atom is -0.465 e. The molecule has 10 nitrogen and oxygen atoms in total. The Hall–Kier alpha value is -3.57. The maximum atomic E-state index is 13.9. The van der Waals surface area contributed by atoms with Crippen LogP contribution in [-0.4, -0.2) is 74.3 Å². The van der Waals surface area contributed by atoms with Crippen LogP contribution in [0.4, 0.5) is 9.59 Å². The van der Waals surface area contributed by atoms with Gasteiger partial charge in [0.1, 0.15) is 17.1 Å². The van der Waals surface area contributed by atoms with E-state index in [1.54, 1.807) is 20.8 Å². The second kappa shape index (κ2) is 14.3. The average molecular weight is 668 g/mol. The van der Waals surface area contributed by atoms with Gasteiger partial charge in [-0.3, -0.25) is 4.79 Å². The molecule has 2 aromatic rings. The molecule has 1 fully saturated rings. The van der Waals surface area contributed by atoms with Crippen LogP contribution in [0.2, 0.25) is 18.1 Å². The van der Waals surface area contributed by atoms with E-state index < -0.39 is 43.5 Å². The van der Waals surface area contributed by atoms with Gasteiger partial charge in [0, 0.05) is 42.8 Å². The van der Waals surface area contributed by atoms with Crippen LogP contribution in [0.25, 0.3) is 0 Å². The highest BCUT2D eigenvalue weighted by Gasteiger charge is 2.43. The molecule has 4 rings (SSSR count). The van der Waals surface area contributed by atoms with Gasteiger partial charge in [-0.2, -0.15) is 0 Å². The molecule has 258 valence electrons. The van der Waals surface area contributed by atoms with Crippen molar-refractivity contribution in [1.29, 1.82) is 0 Å². The number of piperidine rings is 1. The van der Waals surface area contributed by atoms with E-state index in [2.05, 4.69) is 56.6 Å². The Morgan fingerprint density at radius 1 is 0.957 bits per heavy atom. The number of hydrogen-bond donors (Lipinski definition) is 3. The second-order valence-electron chi connectivity index (χ2n) is 15.4. The Morgan fingerprint density at radius 3 is 2.11 bits per heavy atom. The minimum absolute atomic E-state index is 0.0434. The number of carboxylic acid groups (broad SMARTS) is 1. The lowest BCUT2D eigenvalue weighted by Gasteiger charge is -2.41. The summed E-state index contributed by atoms with van der Waals surface area (Å²) in [6.45, 7) is 17.6. The van der Waals surface area contributed by atoms with Crippen molar-refractivity contribution < 1.29 is 33.4 Å². The normalized spacial score (nSPS) is 19.1. The van der Waals surface area contributed by atoms with Gasteiger partial charge in [0.25, 0.3) is 0 Å². The quantitative estimate of drug-likeness (QED) is 0.180. The number of nitrogens with one attached hydrogen (secondary N) is 2. The van der Waals surface area contributed by atoms with Crippen LogP contribution in [0.15, 0.2) is 48.5 Å². The van der Waals surface area contributed by atoms with Gasteiger partial charge >= 0.3 is 12.2 Å². The minimum atomic E-state index is -1.88. The number of carbonyl (C=O) groups excluding carboxylic acids is 2. The fraction of sp³-hybridized carbons (Fsp3) is 0.583. The largest absolute Gasteiger partial charge is 0.465 e. The Morgan fingerprint density at radius 2 is 1.55 bits per heavy atom. The molecule has 0 aromatic heterocycles. The zero-order valence-corrected chi connectivity index (χ0v) is 30.3. The first-order valence-corrected chi connectivity index (χ1v) is 19.6. The third-order valence-corrected chi connectivity index (χ3v) is 14.2. The van der Waals surface area contributed by atoms with Crippen molar-refractivity contribution in [2.75, 3.05) is 26.2 Å². The van der Waals surface area contributed by atoms with Crippen LogP contribution in [0.3, 0.4) is 0 Å². The van der Waals surface area contributed by atoms with E-state index >= 15 is 0 Å². The number of nitrogens with zero attached hydrogens (tertiary/aromatic N) is 1. The van der Waals surface area contributed by atoms with Crippen molar-refractivity contribution in [1.82, 2.24) is 15.5 Å². The van der Waals surface area contributed by atoms with Crippen LogP contribution < -0.4 is 15.4 Å². The summed E-state index contributed by atoms with van der Waals surface area (Å²) in [6, 6.07) is 15.4. The smallest absolute Gasteiger partial charge is 0.407 e. The molecular weight excluding hydrogens is 614 g/mol. The van der Waals surface area contributed by atoms with Gasteiger partial charge in [0.15, 0.2) is 8.32 Å². The summed E-state index contributed by atoms with van der Waals surface area (Å²) in [5, 5.41) is 16.0. The highest BCUT2D eigenvalue weighted by molar-refractivity contribution is 6.74. The Balaban J connectivity index is 1.55. The Kier molecular flexibility index (Phi) is 11.0. The third kappa shape index (κ3) is 8.87. The topological polar surface area (TPSA) is 126 Å². The van der Waals surface area contributed by atoms with Gasteiger partial charge in [-0.05, 0) is 76.7 Å². The number of alkyl carbamates (subject to hydrolysis) is 1. The summed E-state index contributed by atoms with van der Waals surface area (Å²) in [5.74, 6) is 0.609. The van der Waals surface area contributed by atoms with Crippen LogP contribution in [0, 0.1) is 5.92 Å². The van der Waals surface area contributed by atoms with Gasteiger partial charge in [0.05, 0.1) is 12.0 Å². The molecule has 0 saturated carbocycles. The predicted octanol–water partition coefficient (Wildman–Crippen LogP) is 7.28. The molecule has 0 aliphatic carbocycles. The number of fused-ring (bicyclic) bond motifs is 2. The number of hydrogen-bond acceptors (Lipinski definition) is 6. The number of rotatable bonds is 10. The van der Waals surface area contributed by atoms with E-state index in [1.807, 2.05) is 36.4 Å². The molecule has 3 amide bonds. The average Bonchev–Trinajstić information content (AvgIpc) is 2.97. The molecule has 2 aliphatic heterocycles. The van der Waals surface area contributed by atoms with Crippen molar-refractivity contribution in [3.8, 4) is 11.5 Å². The predicted molar refractivity (Wildman–Crippen MR) is 185 cm³/mol. The molecule has 0 unspecified atom stereocenters. The zero-order chi connectivity index (χ0) is 34.6. The van der Waals surface area contributed by atoms with E-state index in [0.717, 1.165) is 41.9 Å². The standard InChI is InChI=1S/C36H53N3O7Si/c1-34(2,3)46-32(41)38-26-21-25(22-39(23-26)33(42)43)31(40)37-24-36(19-13-14-20-44-47(7,8)35(4,5)6)27-15-9-11-17-29(27)45-30-18-12-10-16-28(30)36/h9-12,15-18,25-26H,13-14,19-24H2,1-8H3,(H,37,40)(H,38,41)(H,42,43)/t25-,26+/m0/s1. The van der Waals surface area contributed by atoms with E-state index in [4.69, 9.17) is 13.9 Å². The van der Waals surface area contributed by atoms with E-state index in [0.29, 0.717) is 19.6 Å². The van der Waals surface area contributed by atoms with Crippen molar-refractivity contribution >= 4 is 26.4 Å². The van der Waals surface area contributed by atoms with E-state index in [1.165, 1.54) is 4.90 Å². The van der Waals surface area contributed by atoms with Gasteiger partial charge in [0.2, 0.25) is 5.91 Å². The first kappa shape index (κ1) is 36.3. The number of amides is 3. The van der Waals surface area contributed by atoms with E-state index in [9.17, 15) is 19.5 Å². The number of unbranched alkanes of at least 4 members (excludes halogenated alkanes) is 1. The van der Waals surface area contributed by atoms with Crippen molar-refractivity contribution in [2.24, 2.45) is 5.92 Å². The number of para-hydroxylation sites is 2. The van der Waals surface area contributed by atoms with Crippen molar-refractivity contribution in [3.63, 3.8) is 0 Å². The molecule has 11 heteroatoms. The summed E-state index contributed by atoms with van der Waals surface area (Å²) in [7, 11) is -1.88. The summed E-state index contributed by atoms with van der Waals surface area (Å²) >= 11 is 0. The SMILES string of the molecule is CC(C)(C)OC(=O)N[C@@H]1C[C@H](C(=O)NCC2(CCCCO[Si](C)(C)C(C)(C)C)c3ccccc3Oc3ccccc32)CN(C(=O)O)C1. The molecule has 2 atom stereocenters. The fourth-order valence-corrected chi connectivity index (χ4v) is 7.28. The monoisotopic (exact) mass is 667 g/mol. The molecule has 3 N–H and O–H groups in total. The molecule has 0 bridgehead atoms. The lowest BCUT2D eigenvalue weighted by Crippen LogP contribution is -2.56. The summed E-state index contributed by atoms with van der Waals surface area (Å²) in [5.41, 5.74) is 0.728. The van der Waals surface area contributed by atoms with Crippen LogP contribution in [0.5, 0.6) is 11.5 Å². The van der Waals surface area contributed by atoms with Gasteiger partial charge in [-0.25, -0.2) is 9.59 Å². The first-order chi connectivity index (χ1) is 21.9. The highest BCUT2D eigenvalue weighted by Crippen LogP contribution is 2.50. The first-order valence-electron chi connectivity index (χ1n) is 16.7. The van der Waals surface area contributed by atoms with Gasteiger partial charge in [-0.15, -0.1) is 0 Å². The Bertz CT molecular complexity index is 1390. The number of benzene rings is 2. The van der Waals surface area contributed by atoms with Crippen LogP contribution >= 0.6 is 0 Å². The molecule has 0 radical (unpaired) electrons. The summed E-state index contributed by atoms with van der Waals surface area (Å²) in [6.07, 6.45) is 1.01. The molecule has 2 heterocycles. The number of likely N-dealkylation sites (tertiary alicyclic amines) is 1. The molecule has 2 aliphatic rings.